The fourth-order valence-corrected chi connectivity index (χ4v) is 2.98. The highest BCUT2D eigenvalue weighted by molar-refractivity contribution is 9.11. The van der Waals surface area contributed by atoms with Crippen molar-refractivity contribution < 1.29 is 4.74 Å². The standard InChI is InChI=1S/C12H13BrN2OS/c1-16-9-4-2-3-8(7-9)5-6-10-11(13)17-12(14)15-10/h2-4,7H,5-6H2,1H3,(H2,14,15). The molecule has 90 valence electrons. The van der Waals surface area contributed by atoms with Gasteiger partial charge < -0.3 is 10.5 Å². The lowest BCUT2D eigenvalue weighted by atomic mass is 10.1. The van der Waals surface area contributed by atoms with Crippen molar-refractivity contribution in [1.82, 2.24) is 4.98 Å². The lowest BCUT2D eigenvalue weighted by molar-refractivity contribution is 0.414. The van der Waals surface area contributed by atoms with E-state index in [1.54, 1.807) is 7.11 Å². The average molecular weight is 313 g/mol. The zero-order valence-corrected chi connectivity index (χ0v) is 11.8. The summed E-state index contributed by atoms with van der Waals surface area (Å²) >= 11 is 4.94. The van der Waals surface area contributed by atoms with Crippen molar-refractivity contribution in [2.75, 3.05) is 12.8 Å². The first-order valence-corrected chi connectivity index (χ1v) is 6.83. The predicted molar refractivity (Wildman–Crippen MR) is 74.6 cm³/mol. The number of halogens is 1. The highest BCUT2D eigenvalue weighted by Gasteiger charge is 2.07. The van der Waals surface area contributed by atoms with Crippen molar-refractivity contribution in [3.05, 3.63) is 39.3 Å². The van der Waals surface area contributed by atoms with Crippen molar-refractivity contribution in [2.24, 2.45) is 0 Å². The largest absolute Gasteiger partial charge is 0.497 e. The number of nitrogens with two attached hydrogens (primary N) is 1. The lowest BCUT2D eigenvalue weighted by Crippen LogP contribution is -1.94. The molecule has 0 aliphatic carbocycles. The van der Waals surface area contributed by atoms with E-state index in [-0.39, 0.29) is 0 Å². The molecule has 0 aliphatic rings. The fourth-order valence-electron chi connectivity index (χ4n) is 1.60. The molecule has 0 amide bonds. The first-order valence-electron chi connectivity index (χ1n) is 5.22. The van der Waals surface area contributed by atoms with Crippen LogP contribution in [0.5, 0.6) is 5.75 Å². The van der Waals surface area contributed by atoms with Crippen molar-refractivity contribution >= 4 is 32.4 Å². The number of aromatic nitrogens is 1. The fraction of sp³-hybridized carbons (Fsp3) is 0.250. The summed E-state index contributed by atoms with van der Waals surface area (Å²) in [6.45, 7) is 0. The molecule has 0 radical (unpaired) electrons. The van der Waals surface area contributed by atoms with E-state index in [4.69, 9.17) is 10.5 Å². The summed E-state index contributed by atoms with van der Waals surface area (Å²) < 4.78 is 6.22. The van der Waals surface area contributed by atoms with Crippen molar-refractivity contribution in [3.8, 4) is 5.75 Å². The maximum absolute atomic E-state index is 5.65. The Kier molecular flexibility index (Phi) is 4.02. The first-order chi connectivity index (χ1) is 8.19. The second-order valence-electron chi connectivity index (χ2n) is 3.62. The Balaban J connectivity index is 2.04. The average Bonchev–Trinajstić information content (AvgIpc) is 2.65. The van der Waals surface area contributed by atoms with Crippen LogP contribution in [0, 0.1) is 0 Å². The number of nitrogens with zero attached hydrogens (tertiary/aromatic N) is 1. The third-order valence-electron chi connectivity index (χ3n) is 2.45. The summed E-state index contributed by atoms with van der Waals surface area (Å²) in [6.07, 6.45) is 1.81. The van der Waals surface area contributed by atoms with E-state index < -0.39 is 0 Å². The molecule has 2 N–H and O–H groups in total. The van der Waals surface area contributed by atoms with E-state index in [1.165, 1.54) is 16.9 Å². The van der Waals surface area contributed by atoms with Gasteiger partial charge in [-0.3, -0.25) is 0 Å². The van der Waals surface area contributed by atoms with Gasteiger partial charge in [0.05, 0.1) is 16.6 Å². The van der Waals surface area contributed by atoms with Crippen LogP contribution in [0.3, 0.4) is 0 Å². The molecule has 0 unspecified atom stereocenters. The van der Waals surface area contributed by atoms with E-state index in [9.17, 15) is 0 Å². The molecule has 0 fully saturated rings. The molecule has 1 aromatic carbocycles. The molecule has 2 aromatic rings. The summed E-state index contributed by atoms with van der Waals surface area (Å²) in [6, 6.07) is 8.08. The van der Waals surface area contributed by atoms with Crippen LogP contribution in [0.4, 0.5) is 5.13 Å². The molecule has 0 spiro atoms. The van der Waals surface area contributed by atoms with Crippen LogP contribution in [0.15, 0.2) is 28.1 Å². The Hall–Kier alpha value is -1.07. The number of thiazole rings is 1. The van der Waals surface area contributed by atoms with Crippen molar-refractivity contribution in [2.45, 2.75) is 12.8 Å². The SMILES string of the molecule is COc1cccc(CCc2nc(N)sc2Br)c1. The zero-order chi connectivity index (χ0) is 12.3. The van der Waals surface area contributed by atoms with Crippen LogP contribution in [0.25, 0.3) is 0 Å². The van der Waals surface area contributed by atoms with Crippen molar-refractivity contribution in [1.29, 1.82) is 0 Å². The number of rotatable bonds is 4. The topological polar surface area (TPSA) is 48.1 Å². The molecule has 0 saturated carbocycles. The van der Waals surface area contributed by atoms with E-state index in [1.807, 2.05) is 18.2 Å². The molecule has 0 bridgehead atoms. The highest BCUT2D eigenvalue weighted by atomic mass is 79.9. The zero-order valence-electron chi connectivity index (χ0n) is 9.44. The normalized spacial score (nSPS) is 10.5. The van der Waals surface area contributed by atoms with Crippen LogP contribution < -0.4 is 10.5 Å². The number of hydrogen-bond acceptors (Lipinski definition) is 4. The Morgan fingerprint density at radius 1 is 1.41 bits per heavy atom. The molecule has 3 nitrogen and oxygen atoms in total. The van der Waals surface area contributed by atoms with E-state index in [0.29, 0.717) is 5.13 Å². The summed E-state index contributed by atoms with van der Waals surface area (Å²) in [5.74, 6) is 0.888. The highest BCUT2D eigenvalue weighted by Crippen LogP contribution is 2.27. The third kappa shape index (κ3) is 3.20. The second kappa shape index (κ2) is 5.51. The molecule has 2 rings (SSSR count). The van der Waals surface area contributed by atoms with Gasteiger partial charge in [0, 0.05) is 0 Å². The molecule has 1 heterocycles. The lowest BCUT2D eigenvalue weighted by Gasteiger charge is -2.03. The van der Waals surface area contributed by atoms with E-state index in [0.717, 1.165) is 28.1 Å². The Labute approximate surface area is 113 Å². The Morgan fingerprint density at radius 2 is 2.24 bits per heavy atom. The van der Waals surface area contributed by atoms with E-state index in [2.05, 4.69) is 27.0 Å². The number of methoxy groups -OCH3 is 1. The summed E-state index contributed by atoms with van der Waals surface area (Å²) in [5.41, 5.74) is 7.91. The van der Waals surface area contributed by atoms with Gasteiger partial charge in [-0.25, -0.2) is 4.98 Å². The minimum absolute atomic E-state index is 0.609. The van der Waals surface area contributed by atoms with Crippen LogP contribution in [0.2, 0.25) is 0 Å². The maximum atomic E-state index is 5.65. The van der Waals surface area contributed by atoms with Crippen molar-refractivity contribution in [3.63, 3.8) is 0 Å². The first kappa shape index (κ1) is 12.4. The van der Waals surface area contributed by atoms with Crippen LogP contribution in [-0.2, 0) is 12.8 Å². The number of ether oxygens (including phenoxy) is 1. The van der Waals surface area contributed by atoms with Gasteiger partial charge in [0.15, 0.2) is 5.13 Å². The van der Waals surface area contributed by atoms with Gasteiger partial charge in [-0.2, -0.15) is 0 Å². The number of nitrogen functional groups attached to an aromatic ring is 1. The van der Waals surface area contributed by atoms with Gasteiger partial charge in [-0.1, -0.05) is 23.5 Å². The molecule has 17 heavy (non-hydrogen) atoms. The van der Waals surface area contributed by atoms with Crippen LogP contribution in [0.1, 0.15) is 11.3 Å². The summed E-state index contributed by atoms with van der Waals surface area (Å²) in [4.78, 5) is 4.29. The van der Waals surface area contributed by atoms with Crippen LogP contribution in [-0.4, -0.2) is 12.1 Å². The van der Waals surface area contributed by atoms with Gasteiger partial charge in [0.2, 0.25) is 0 Å². The molecule has 0 aliphatic heterocycles. The molecule has 5 heteroatoms. The maximum Gasteiger partial charge on any atom is 0.181 e. The number of hydrogen-bond donors (Lipinski definition) is 1. The Morgan fingerprint density at radius 3 is 2.88 bits per heavy atom. The molecule has 1 aromatic heterocycles. The van der Waals surface area contributed by atoms with Gasteiger partial charge in [-0.05, 0) is 46.5 Å². The minimum atomic E-state index is 0.609. The molecule has 0 saturated heterocycles. The quantitative estimate of drug-likeness (QED) is 0.942. The van der Waals surface area contributed by atoms with E-state index >= 15 is 0 Å². The molecule has 0 atom stereocenters. The number of anilines is 1. The predicted octanol–water partition coefficient (Wildman–Crippen LogP) is 3.28. The number of aryl methyl sites for hydroxylation is 2. The van der Waals surface area contributed by atoms with Crippen LogP contribution >= 0.6 is 27.3 Å². The summed E-state index contributed by atoms with van der Waals surface area (Å²) in [7, 11) is 1.68. The molecular formula is C12H13BrN2OS. The smallest absolute Gasteiger partial charge is 0.181 e. The van der Waals surface area contributed by atoms with Gasteiger partial charge in [0.25, 0.3) is 0 Å². The second-order valence-corrected chi connectivity index (χ2v) is 5.97. The molecular weight excluding hydrogens is 300 g/mol. The minimum Gasteiger partial charge on any atom is -0.497 e. The van der Waals surface area contributed by atoms with Gasteiger partial charge in [0.1, 0.15) is 5.75 Å². The summed E-state index contributed by atoms with van der Waals surface area (Å²) in [5, 5.41) is 0.609. The monoisotopic (exact) mass is 312 g/mol. The van der Waals surface area contributed by atoms with Gasteiger partial charge >= 0.3 is 0 Å². The Bertz CT molecular complexity index is 513. The third-order valence-corrected chi connectivity index (χ3v) is 4.11. The number of benzene rings is 1. The van der Waals surface area contributed by atoms with Gasteiger partial charge in [-0.15, -0.1) is 0 Å².